The maximum atomic E-state index is 12.5. The number of pyridine rings is 2. The minimum absolute atomic E-state index is 0.0168. The molecule has 0 saturated carbocycles. The van der Waals surface area contributed by atoms with E-state index in [1.165, 1.54) is 11.3 Å². The number of aromatic amines is 1. The molecule has 0 radical (unpaired) electrons. The highest BCUT2D eigenvalue weighted by Crippen LogP contribution is 2.43. The number of nitrogens with zero attached hydrogens (tertiary/aromatic N) is 1. The van der Waals surface area contributed by atoms with Crippen molar-refractivity contribution in [3.8, 4) is 28.0 Å². The Kier molecular flexibility index (Phi) is 3.43. The predicted octanol–water partition coefficient (Wildman–Crippen LogP) is 4.33. The Labute approximate surface area is 142 Å². The minimum Gasteiger partial charge on any atom is -0.506 e. The standard InChI is InChI=1S/C19H14N2O2S/c1-11-14(12-5-3-2-4-6-12)16-17(22)15(13-7-9-20-10-8-13)18(23)21-19(16)24-11/h2-10H,1H3,(H2,21,22,23). The van der Waals surface area contributed by atoms with Crippen LogP contribution in [0.2, 0.25) is 0 Å². The molecule has 0 fully saturated rings. The van der Waals surface area contributed by atoms with Crippen molar-refractivity contribution in [2.24, 2.45) is 0 Å². The molecular weight excluding hydrogens is 320 g/mol. The van der Waals surface area contributed by atoms with E-state index in [4.69, 9.17) is 0 Å². The van der Waals surface area contributed by atoms with Crippen LogP contribution in [-0.4, -0.2) is 15.1 Å². The van der Waals surface area contributed by atoms with Gasteiger partial charge < -0.3 is 10.1 Å². The lowest BCUT2D eigenvalue weighted by Crippen LogP contribution is -2.08. The smallest absolute Gasteiger partial charge is 0.260 e. The van der Waals surface area contributed by atoms with Gasteiger partial charge in [0, 0.05) is 22.8 Å². The number of thiophene rings is 1. The summed E-state index contributed by atoms with van der Waals surface area (Å²) in [6.45, 7) is 2.00. The molecule has 0 aliphatic carbocycles. The van der Waals surface area contributed by atoms with E-state index >= 15 is 0 Å². The molecule has 0 saturated heterocycles. The summed E-state index contributed by atoms with van der Waals surface area (Å²) in [6.07, 6.45) is 3.21. The molecule has 5 heteroatoms. The Balaban J connectivity index is 2.10. The predicted molar refractivity (Wildman–Crippen MR) is 97.5 cm³/mol. The van der Waals surface area contributed by atoms with Crippen LogP contribution < -0.4 is 5.56 Å². The Morgan fingerprint density at radius 3 is 2.38 bits per heavy atom. The Bertz CT molecular complexity index is 1080. The summed E-state index contributed by atoms with van der Waals surface area (Å²) in [5.41, 5.74) is 2.60. The molecular formula is C19H14N2O2S. The molecule has 0 unspecified atom stereocenters. The number of hydrogen-bond donors (Lipinski definition) is 2. The van der Waals surface area contributed by atoms with E-state index in [0.29, 0.717) is 15.8 Å². The monoisotopic (exact) mass is 334 g/mol. The molecule has 3 heterocycles. The summed E-state index contributed by atoms with van der Waals surface area (Å²) in [7, 11) is 0. The topological polar surface area (TPSA) is 66.0 Å². The van der Waals surface area contributed by atoms with Crippen molar-refractivity contribution in [3.05, 3.63) is 70.1 Å². The van der Waals surface area contributed by atoms with Gasteiger partial charge >= 0.3 is 0 Å². The van der Waals surface area contributed by atoms with Crippen molar-refractivity contribution in [2.75, 3.05) is 0 Å². The molecule has 1 aromatic carbocycles. The number of rotatable bonds is 2. The number of hydrogen-bond acceptors (Lipinski definition) is 4. The molecule has 0 aliphatic rings. The van der Waals surface area contributed by atoms with Crippen LogP contribution in [0.4, 0.5) is 0 Å². The fourth-order valence-electron chi connectivity index (χ4n) is 3.00. The van der Waals surface area contributed by atoms with Gasteiger partial charge in [-0.2, -0.15) is 0 Å². The fraction of sp³-hybridized carbons (Fsp3) is 0.0526. The lowest BCUT2D eigenvalue weighted by Gasteiger charge is -2.07. The molecule has 0 spiro atoms. The largest absolute Gasteiger partial charge is 0.506 e. The zero-order valence-electron chi connectivity index (χ0n) is 12.9. The van der Waals surface area contributed by atoms with Crippen molar-refractivity contribution >= 4 is 21.6 Å². The van der Waals surface area contributed by atoms with E-state index in [9.17, 15) is 9.90 Å². The molecule has 3 aromatic heterocycles. The summed E-state index contributed by atoms with van der Waals surface area (Å²) >= 11 is 1.48. The molecule has 4 nitrogen and oxygen atoms in total. The minimum atomic E-state index is -0.299. The van der Waals surface area contributed by atoms with Gasteiger partial charge in [-0.15, -0.1) is 11.3 Å². The zero-order chi connectivity index (χ0) is 16.7. The number of fused-ring (bicyclic) bond motifs is 1. The quantitative estimate of drug-likeness (QED) is 0.573. The maximum Gasteiger partial charge on any atom is 0.260 e. The van der Waals surface area contributed by atoms with Crippen LogP contribution in [0.5, 0.6) is 5.75 Å². The second-order valence-electron chi connectivity index (χ2n) is 5.52. The first-order valence-corrected chi connectivity index (χ1v) is 8.32. The van der Waals surface area contributed by atoms with Gasteiger partial charge in [0.25, 0.3) is 5.56 Å². The van der Waals surface area contributed by atoms with E-state index < -0.39 is 0 Å². The van der Waals surface area contributed by atoms with Crippen molar-refractivity contribution in [3.63, 3.8) is 0 Å². The van der Waals surface area contributed by atoms with E-state index in [1.54, 1.807) is 24.5 Å². The lowest BCUT2D eigenvalue weighted by atomic mass is 9.99. The van der Waals surface area contributed by atoms with Crippen LogP contribution in [0.3, 0.4) is 0 Å². The van der Waals surface area contributed by atoms with Crippen molar-refractivity contribution in [2.45, 2.75) is 6.92 Å². The van der Waals surface area contributed by atoms with Gasteiger partial charge in [0.15, 0.2) is 0 Å². The van der Waals surface area contributed by atoms with Crippen molar-refractivity contribution < 1.29 is 5.11 Å². The summed E-state index contributed by atoms with van der Waals surface area (Å²) in [6, 6.07) is 13.3. The molecule has 118 valence electrons. The zero-order valence-corrected chi connectivity index (χ0v) is 13.7. The van der Waals surface area contributed by atoms with Gasteiger partial charge in [-0.1, -0.05) is 30.3 Å². The van der Waals surface area contributed by atoms with Gasteiger partial charge in [0.05, 0.1) is 10.9 Å². The second-order valence-corrected chi connectivity index (χ2v) is 6.74. The van der Waals surface area contributed by atoms with Crippen LogP contribution in [0.15, 0.2) is 59.7 Å². The molecule has 0 aliphatic heterocycles. The maximum absolute atomic E-state index is 12.5. The number of aromatic nitrogens is 2. The molecule has 0 amide bonds. The van der Waals surface area contributed by atoms with Crippen LogP contribution in [0, 0.1) is 6.92 Å². The Morgan fingerprint density at radius 1 is 1.00 bits per heavy atom. The number of nitrogens with one attached hydrogen (secondary N) is 1. The molecule has 4 aromatic rings. The van der Waals surface area contributed by atoms with E-state index in [2.05, 4.69) is 9.97 Å². The van der Waals surface area contributed by atoms with Crippen LogP contribution in [0.25, 0.3) is 32.5 Å². The Hall–Kier alpha value is -2.92. The van der Waals surface area contributed by atoms with Gasteiger partial charge in [-0.3, -0.25) is 9.78 Å². The molecule has 24 heavy (non-hydrogen) atoms. The summed E-state index contributed by atoms with van der Waals surface area (Å²) in [5.74, 6) is 0.0168. The highest BCUT2D eigenvalue weighted by molar-refractivity contribution is 7.19. The fourth-order valence-corrected chi connectivity index (χ4v) is 4.07. The second kappa shape index (κ2) is 5.62. The molecule has 2 N–H and O–H groups in total. The number of aryl methyl sites for hydroxylation is 1. The molecule has 4 rings (SSSR count). The Morgan fingerprint density at radius 2 is 1.67 bits per heavy atom. The molecule has 0 bridgehead atoms. The van der Waals surface area contributed by atoms with Gasteiger partial charge in [0.2, 0.25) is 0 Å². The summed E-state index contributed by atoms with van der Waals surface area (Å²) in [4.78, 5) is 21.1. The first kappa shape index (κ1) is 14.7. The number of benzene rings is 1. The highest BCUT2D eigenvalue weighted by Gasteiger charge is 2.20. The average Bonchev–Trinajstić information content (AvgIpc) is 2.92. The lowest BCUT2D eigenvalue weighted by molar-refractivity contribution is 0.483. The third kappa shape index (κ3) is 2.21. The average molecular weight is 334 g/mol. The van der Waals surface area contributed by atoms with E-state index in [1.807, 2.05) is 37.3 Å². The van der Waals surface area contributed by atoms with Crippen LogP contribution in [-0.2, 0) is 0 Å². The summed E-state index contributed by atoms with van der Waals surface area (Å²) in [5, 5.41) is 11.6. The van der Waals surface area contributed by atoms with Crippen LogP contribution >= 0.6 is 11.3 Å². The third-order valence-corrected chi connectivity index (χ3v) is 5.06. The van der Waals surface area contributed by atoms with E-state index in [0.717, 1.165) is 16.0 Å². The third-order valence-electron chi connectivity index (χ3n) is 4.04. The first-order valence-electron chi connectivity index (χ1n) is 7.51. The van der Waals surface area contributed by atoms with Crippen LogP contribution in [0.1, 0.15) is 4.88 Å². The van der Waals surface area contributed by atoms with Gasteiger partial charge in [0.1, 0.15) is 10.6 Å². The SMILES string of the molecule is Cc1sc2[nH]c(=O)c(-c3ccncc3)c(O)c2c1-c1ccccc1. The molecule has 0 atom stereocenters. The highest BCUT2D eigenvalue weighted by atomic mass is 32.1. The van der Waals surface area contributed by atoms with Gasteiger partial charge in [-0.25, -0.2) is 0 Å². The summed E-state index contributed by atoms with van der Waals surface area (Å²) < 4.78 is 0. The van der Waals surface area contributed by atoms with E-state index in [-0.39, 0.29) is 16.9 Å². The normalized spacial score (nSPS) is 11.0. The first-order chi connectivity index (χ1) is 11.7. The van der Waals surface area contributed by atoms with Crippen molar-refractivity contribution in [1.82, 2.24) is 9.97 Å². The van der Waals surface area contributed by atoms with Gasteiger partial charge in [-0.05, 0) is 30.2 Å². The number of H-pyrrole nitrogens is 1. The number of aromatic hydroxyl groups is 1. The van der Waals surface area contributed by atoms with Crippen molar-refractivity contribution in [1.29, 1.82) is 0 Å².